The zero-order valence-electron chi connectivity index (χ0n) is 19.9. The molecule has 2 atom stereocenters. The Labute approximate surface area is 213 Å². The first-order valence-corrected chi connectivity index (χ1v) is 13.0. The molecular weight excluding hydrogens is 478 g/mol. The van der Waals surface area contributed by atoms with E-state index in [1.54, 1.807) is 6.26 Å². The van der Waals surface area contributed by atoms with Crippen LogP contribution < -0.4 is 5.32 Å². The minimum atomic E-state index is 0.0849. The van der Waals surface area contributed by atoms with E-state index in [9.17, 15) is 4.79 Å². The maximum atomic E-state index is 12.6. The average molecular weight is 506 g/mol. The van der Waals surface area contributed by atoms with Crippen LogP contribution in [0.4, 0.5) is 4.79 Å². The lowest BCUT2D eigenvalue weighted by Gasteiger charge is -2.31. The number of urea groups is 1. The maximum absolute atomic E-state index is 12.6. The van der Waals surface area contributed by atoms with Crippen LogP contribution in [0.3, 0.4) is 0 Å². The molecule has 5 heterocycles. The number of fused-ring (bicyclic) bond motifs is 1. The van der Waals surface area contributed by atoms with Crippen LogP contribution >= 0.6 is 11.6 Å². The van der Waals surface area contributed by atoms with Gasteiger partial charge < -0.3 is 19.6 Å². The van der Waals surface area contributed by atoms with E-state index in [1.165, 1.54) is 6.20 Å². The van der Waals surface area contributed by atoms with Crippen LogP contribution in [-0.4, -0.2) is 55.0 Å². The second-order valence-corrected chi connectivity index (χ2v) is 10.1. The van der Waals surface area contributed by atoms with Gasteiger partial charge in [-0.3, -0.25) is 0 Å². The van der Waals surface area contributed by atoms with Crippen LogP contribution in [0.5, 0.6) is 0 Å². The number of carbonyl (C=O) groups is 1. The van der Waals surface area contributed by atoms with Gasteiger partial charge in [-0.25, -0.2) is 24.7 Å². The molecule has 4 aromatic heterocycles. The van der Waals surface area contributed by atoms with E-state index in [1.807, 2.05) is 29.3 Å². The quantitative estimate of drug-likeness (QED) is 0.383. The molecule has 0 spiro atoms. The van der Waals surface area contributed by atoms with Gasteiger partial charge in [-0.15, -0.1) is 0 Å². The van der Waals surface area contributed by atoms with Crippen LogP contribution in [0.2, 0.25) is 5.15 Å². The minimum absolute atomic E-state index is 0.0849. The van der Waals surface area contributed by atoms with Crippen LogP contribution in [0.25, 0.3) is 34.0 Å². The van der Waals surface area contributed by atoms with Gasteiger partial charge >= 0.3 is 6.03 Å². The van der Waals surface area contributed by atoms with Crippen molar-refractivity contribution in [1.82, 2.24) is 35.1 Å². The normalized spacial score (nSPS) is 20.2. The molecule has 4 aromatic rings. The van der Waals surface area contributed by atoms with E-state index in [0.29, 0.717) is 33.8 Å². The lowest BCUT2D eigenvalue weighted by Crippen LogP contribution is -2.45. The number of likely N-dealkylation sites (tertiary alicyclic amines) is 1. The number of H-pyrrole nitrogens is 1. The molecule has 9 nitrogen and oxygen atoms in total. The summed E-state index contributed by atoms with van der Waals surface area (Å²) in [5, 5.41) is 3.59. The Kier molecular flexibility index (Phi) is 6.31. The van der Waals surface area contributed by atoms with Gasteiger partial charge in [0.25, 0.3) is 0 Å². The molecule has 0 bridgehead atoms. The van der Waals surface area contributed by atoms with E-state index in [0.717, 1.165) is 75.0 Å². The van der Waals surface area contributed by atoms with Crippen LogP contribution in [0.15, 0.2) is 41.3 Å². The van der Waals surface area contributed by atoms with Crippen molar-refractivity contribution in [2.24, 2.45) is 5.92 Å². The van der Waals surface area contributed by atoms with Crippen molar-refractivity contribution in [3.05, 3.63) is 47.7 Å². The van der Waals surface area contributed by atoms with Crippen molar-refractivity contribution in [3.8, 4) is 22.8 Å². The van der Waals surface area contributed by atoms with Crippen LogP contribution in [-0.2, 0) is 6.42 Å². The molecule has 1 aliphatic carbocycles. The lowest BCUT2D eigenvalue weighted by molar-refractivity contribution is 0.195. The predicted molar refractivity (Wildman–Crippen MR) is 136 cm³/mol. The summed E-state index contributed by atoms with van der Waals surface area (Å²) in [6, 6.07) is 6.03. The fourth-order valence-electron chi connectivity index (χ4n) is 5.40. The third kappa shape index (κ3) is 4.80. The first-order chi connectivity index (χ1) is 17.6. The fraction of sp³-hybridized carbons (Fsp3) is 0.423. The van der Waals surface area contributed by atoms with E-state index in [4.69, 9.17) is 26.0 Å². The standard InChI is InChI=1S/C26H28ClN7O2/c27-22-15-29-25-23(33-22)19(14-28-25)24-30-18(13-20(32-24)21-7-4-10-36-21)12-16-5-3-6-17(11-16)31-26(35)34-8-1-2-9-34/h4,7,10,13-17H,1-3,5-6,8-9,11-12H2,(H,28,29)(H,31,35). The van der Waals surface area contributed by atoms with Crippen molar-refractivity contribution in [2.45, 2.75) is 51.0 Å². The van der Waals surface area contributed by atoms with Gasteiger partial charge in [0.15, 0.2) is 17.2 Å². The van der Waals surface area contributed by atoms with Gasteiger partial charge in [0, 0.05) is 31.0 Å². The van der Waals surface area contributed by atoms with E-state index in [2.05, 4.69) is 20.3 Å². The highest BCUT2D eigenvalue weighted by Crippen LogP contribution is 2.31. The number of furan rings is 1. The molecule has 1 aliphatic heterocycles. The number of carbonyl (C=O) groups excluding carboxylic acids is 1. The maximum Gasteiger partial charge on any atom is 0.317 e. The third-order valence-corrected chi connectivity index (χ3v) is 7.33. The molecule has 6 rings (SSSR count). The predicted octanol–water partition coefficient (Wildman–Crippen LogP) is 5.24. The highest BCUT2D eigenvalue weighted by Gasteiger charge is 2.27. The molecular formula is C26H28ClN7O2. The highest BCUT2D eigenvalue weighted by atomic mass is 35.5. The number of aromatic nitrogens is 5. The number of hydrogen-bond donors (Lipinski definition) is 2. The Balaban J connectivity index is 1.26. The molecule has 36 heavy (non-hydrogen) atoms. The average Bonchev–Trinajstić information content (AvgIpc) is 3.66. The number of rotatable bonds is 5. The van der Waals surface area contributed by atoms with Gasteiger partial charge in [0.1, 0.15) is 16.4 Å². The number of hydrogen-bond acceptors (Lipinski definition) is 6. The first-order valence-electron chi connectivity index (χ1n) is 12.6. The van der Waals surface area contributed by atoms with Gasteiger partial charge in [0.05, 0.1) is 18.0 Å². The summed E-state index contributed by atoms with van der Waals surface area (Å²) in [6.45, 7) is 1.73. The molecule has 186 valence electrons. The Bertz CT molecular complexity index is 1360. The zero-order valence-corrected chi connectivity index (χ0v) is 20.7. The van der Waals surface area contributed by atoms with E-state index >= 15 is 0 Å². The molecule has 1 saturated heterocycles. The van der Waals surface area contributed by atoms with E-state index in [-0.39, 0.29) is 12.1 Å². The van der Waals surface area contributed by atoms with Crippen molar-refractivity contribution in [3.63, 3.8) is 0 Å². The Morgan fingerprint density at radius 1 is 1.19 bits per heavy atom. The van der Waals surface area contributed by atoms with Gasteiger partial charge in [-0.1, -0.05) is 18.0 Å². The molecule has 1 saturated carbocycles. The topological polar surface area (TPSA) is 113 Å². The zero-order chi connectivity index (χ0) is 24.5. The van der Waals surface area contributed by atoms with Crippen molar-refractivity contribution in [1.29, 1.82) is 0 Å². The molecule has 2 aliphatic rings. The van der Waals surface area contributed by atoms with Gasteiger partial charge in [-0.05, 0) is 62.6 Å². The SMILES string of the molecule is O=C(NC1CCCC(Cc2cc(-c3ccco3)nc(-c3c[nH]c4ncc(Cl)nc34)n2)C1)N1CCCC1. The molecule has 10 heteroatoms. The summed E-state index contributed by atoms with van der Waals surface area (Å²) in [5.74, 6) is 1.66. The van der Waals surface area contributed by atoms with Crippen molar-refractivity contribution < 1.29 is 9.21 Å². The Hall–Kier alpha value is -3.46. The molecule has 2 N–H and O–H groups in total. The van der Waals surface area contributed by atoms with Crippen LogP contribution in [0, 0.1) is 5.92 Å². The summed E-state index contributed by atoms with van der Waals surface area (Å²) < 4.78 is 5.65. The highest BCUT2D eigenvalue weighted by molar-refractivity contribution is 6.29. The molecule has 2 fully saturated rings. The summed E-state index contributed by atoms with van der Waals surface area (Å²) in [6.07, 6.45) is 12.1. The smallest absolute Gasteiger partial charge is 0.317 e. The van der Waals surface area contributed by atoms with Crippen molar-refractivity contribution >= 4 is 28.8 Å². The Morgan fingerprint density at radius 3 is 2.92 bits per heavy atom. The molecule has 2 unspecified atom stereocenters. The fourth-order valence-corrected chi connectivity index (χ4v) is 5.54. The van der Waals surface area contributed by atoms with Gasteiger partial charge in [0.2, 0.25) is 0 Å². The van der Waals surface area contributed by atoms with E-state index < -0.39 is 0 Å². The second kappa shape index (κ2) is 9.89. The Morgan fingerprint density at radius 2 is 2.08 bits per heavy atom. The summed E-state index contributed by atoms with van der Waals surface area (Å²) in [5.41, 5.74) is 3.67. The number of nitrogens with zero attached hydrogens (tertiary/aromatic N) is 5. The summed E-state index contributed by atoms with van der Waals surface area (Å²) in [4.78, 5) is 36.2. The summed E-state index contributed by atoms with van der Waals surface area (Å²) >= 11 is 6.12. The lowest BCUT2D eigenvalue weighted by atomic mass is 9.83. The van der Waals surface area contributed by atoms with Crippen molar-refractivity contribution in [2.75, 3.05) is 13.1 Å². The number of nitrogens with one attached hydrogen (secondary N) is 2. The number of amides is 2. The molecule has 0 aromatic carbocycles. The number of halogens is 1. The number of aromatic amines is 1. The minimum Gasteiger partial charge on any atom is -0.463 e. The van der Waals surface area contributed by atoms with Gasteiger partial charge in [-0.2, -0.15) is 0 Å². The summed E-state index contributed by atoms with van der Waals surface area (Å²) in [7, 11) is 0. The third-order valence-electron chi connectivity index (χ3n) is 7.15. The largest absolute Gasteiger partial charge is 0.463 e. The monoisotopic (exact) mass is 505 g/mol. The first kappa shape index (κ1) is 23.0. The molecule has 2 amide bonds. The van der Waals surface area contributed by atoms with Crippen LogP contribution in [0.1, 0.15) is 44.2 Å². The second-order valence-electron chi connectivity index (χ2n) is 9.72. The molecule has 0 radical (unpaired) electrons.